The maximum Gasteiger partial charge on any atom is 0.312 e. The summed E-state index contributed by atoms with van der Waals surface area (Å²) in [5, 5.41) is 0. The highest BCUT2D eigenvalue weighted by Crippen LogP contribution is 2.36. The lowest BCUT2D eigenvalue weighted by molar-refractivity contribution is -0.157. The maximum atomic E-state index is 11.7. The molecule has 0 saturated heterocycles. The van der Waals surface area contributed by atoms with Gasteiger partial charge in [-0.15, -0.1) is 0 Å². The van der Waals surface area contributed by atoms with Crippen LogP contribution in [-0.2, 0) is 20.9 Å². The summed E-state index contributed by atoms with van der Waals surface area (Å²) in [6.07, 6.45) is 0.807. The van der Waals surface area contributed by atoms with Gasteiger partial charge in [0.2, 0.25) is 0 Å². The van der Waals surface area contributed by atoms with E-state index in [9.17, 15) is 4.79 Å². The van der Waals surface area contributed by atoms with E-state index >= 15 is 0 Å². The summed E-state index contributed by atoms with van der Waals surface area (Å²) in [6, 6.07) is 9.98. The Morgan fingerprint density at radius 3 is 2.56 bits per heavy atom. The van der Waals surface area contributed by atoms with Crippen molar-refractivity contribution in [3.8, 4) is 0 Å². The third-order valence-corrected chi connectivity index (χ3v) is 2.75. The molecule has 0 aliphatic heterocycles. The second-order valence-electron chi connectivity index (χ2n) is 5.71. The van der Waals surface area contributed by atoms with Crippen LogP contribution in [0.2, 0.25) is 0 Å². The Bertz CT molecular complexity index is 405. The molecule has 1 aromatic carbocycles. The number of esters is 1. The standard InChI is InChI=1S/C15H20O3/c1-15(2,3)18-14(16)12-9-13(12)17-10-11-7-5-4-6-8-11/h4-8,12-13H,9-10H2,1-3H3/t12-,13-/m0/s1. The van der Waals surface area contributed by atoms with Gasteiger partial charge in [0.15, 0.2) is 0 Å². The lowest BCUT2D eigenvalue weighted by atomic mass is 10.2. The number of carbonyl (C=O) groups is 1. The molecule has 18 heavy (non-hydrogen) atoms. The number of carbonyl (C=O) groups excluding carboxylic acids is 1. The van der Waals surface area contributed by atoms with Gasteiger partial charge in [-0.05, 0) is 32.8 Å². The van der Waals surface area contributed by atoms with Crippen molar-refractivity contribution in [1.29, 1.82) is 0 Å². The van der Waals surface area contributed by atoms with E-state index in [2.05, 4.69) is 0 Å². The molecule has 1 saturated carbocycles. The Morgan fingerprint density at radius 1 is 1.28 bits per heavy atom. The van der Waals surface area contributed by atoms with E-state index in [0.717, 1.165) is 12.0 Å². The van der Waals surface area contributed by atoms with Crippen molar-refractivity contribution in [2.75, 3.05) is 0 Å². The lowest BCUT2D eigenvalue weighted by Crippen LogP contribution is -2.25. The van der Waals surface area contributed by atoms with E-state index in [1.165, 1.54) is 0 Å². The molecule has 3 nitrogen and oxygen atoms in total. The molecule has 0 radical (unpaired) electrons. The molecule has 0 heterocycles. The minimum Gasteiger partial charge on any atom is -0.460 e. The highest BCUT2D eigenvalue weighted by molar-refractivity contribution is 5.76. The van der Waals surface area contributed by atoms with Crippen LogP contribution in [0, 0.1) is 5.92 Å². The normalized spacial score (nSPS) is 22.6. The number of hydrogen-bond donors (Lipinski definition) is 0. The van der Waals surface area contributed by atoms with Gasteiger partial charge in [0.25, 0.3) is 0 Å². The van der Waals surface area contributed by atoms with Crippen molar-refractivity contribution in [1.82, 2.24) is 0 Å². The van der Waals surface area contributed by atoms with Crippen molar-refractivity contribution < 1.29 is 14.3 Å². The summed E-state index contributed by atoms with van der Waals surface area (Å²) in [7, 11) is 0. The highest BCUT2D eigenvalue weighted by Gasteiger charge is 2.46. The van der Waals surface area contributed by atoms with Gasteiger partial charge in [-0.25, -0.2) is 0 Å². The van der Waals surface area contributed by atoms with Crippen LogP contribution in [0.15, 0.2) is 30.3 Å². The second-order valence-corrected chi connectivity index (χ2v) is 5.71. The Morgan fingerprint density at radius 2 is 1.94 bits per heavy atom. The van der Waals surface area contributed by atoms with Crippen molar-refractivity contribution in [2.45, 2.75) is 45.5 Å². The van der Waals surface area contributed by atoms with Crippen molar-refractivity contribution in [3.05, 3.63) is 35.9 Å². The molecule has 1 aliphatic rings. The van der Waals surface area contributed by atoms with Gasteiger partial charge in [-0.2, -0.15) is 0 Å². The smallest absolute Gasteiger partial charge is 0.312 e. The summed E-state index contributed by atoms with van der Waals surface area (Å²) in [6.45, 7) is 6.21. The zero-order chi connectivity index (χ0) is 13.2. The SMILES string of the molecule is CC(C)(C)OC(=O)[C@H]1C[C@@H]1OCc1ccccc1. The molecule has 98 valence electrons. The molecule has 1 aliphatic carbocycles. The number of benzene rings is 1. The minimum absolute atomic E-state index is 0.0278. The van der Waals surface area contributed by atoms with Crippen LogP contribution < -0.4 is 0 Å². The fourth-order valence-corrected chi connectivity index (χ4v) is 1.76. The third kappa shape index (κ3) is 3.84. The van der Waals surface area contributed by atoms with Gasteiger partial charge in [-0.3, -0.25) is 4.79 Å². The second kappa shape index (κ2) is 5.11. The first kappa shape index (κ1) is 13.1. The van der Waals surface area contributed by atoms with Crippen LogP contribution in [-0.4, -0.2) is 17.7 Å². The van der Waals surface area contributed by atoms with Gasteiger partial charge in [-0.1, -0.05) is 30.3 Å². The van der Waals surface area contributed by atoms with E-state index in [4.69, 9.17) is 9.47 Å². The number of hydrogen-bond acceptors (Lipinski definition) is 3. The van der Waals surface area contributed by atoms with Gasteiger partial charge < -0.3 is 9.47 Å². The van der Waals surface area contributed by atoms with Crippen LogP contribution in [0.1, 0.15) is 32.8 Å². The average Bonchev–Trinajstić information content (AvgIpc) is 3.05. The summed E-state index contributed by atoms with van der Waals surface area (Å²) < 4.78 is 11.0. The quantitative estimate of drug-likeness (QED) is 0.768. The predicted molar refractivity (Wildman–Crippen MR) is 69.0 cm³/mol. The van der Waals surface area contributed by atoms with Crippen molar-refractivity contribution >= 4 is 5.97 Å². The molecular weight excluding hydrogens is 228 g/mol. The largest absolute Gasteiger partial charge is 0.460 e. The maximum absolute atomic E-state index is 11.7. The zero-order valence-corrected chi connectivity index (χ0v) is 11.2. The van der Waals surface area contributed by atoms with Gasteiger partial charge in [0.05, 0.1) is 18.6 Å². The Balaban J connectivity index is 1.74. The molecule has 0 amide bonds. The van der Waals surface area contributed by atoms with Crippen molar-refractivity contribution in [2.24, 2.45) is 5.92 Å². The van der Waals surface area contributed by atoms with E-state index in [0.29, 0.717) is 6.61 Å². The van der Waals surface area contributed by atoms with E-state index in [-0.39, 0.29) is 18.0 Å². The molecule has 0 aromatic heterocycles. The topological polar surface area (TPSA) is 35.5 Å². The molecule has 3 heteroatoms. The molecule has 1 fully saturated rings. The fraction of sp³-hybridized carbons (Fsp3) is 0.533. The zero-order valence-electron chi connectivity index (χ0n) is 11.2. The first-order valence-corrected chi connectivity index (χ1v) is 6.34. The molecule has 2 atom stereocenters. The summed E-state index contributed by atoms with van der Waals surface area (Å²) in [5.41, 5.74) is 0.719. The van der Waals surface area contributed by atoms with Gasteiger partial charge in [0.1, 0.15) is 5.60 Å². The molecule has 0 spiro atoms. The van der Waals surface area contributed by atoms with Crippen LogP contribution in [0.4, 0.5) is 0 Å². The van der Waals surface area contributed by atoms with Crippen LogP contribution in [0.25, 0.3) is 0 Å². The van der Waals surface area contributed by atoms with Crippen LogP contribution >= 0.6 is 0 Å². The first-order valence-electron chi connectivity index (χ1n) is 6.34. The summed E-state index contributed by atoms with van der Waals surface area (Å²) >= 11 is 0. The van der Waals surface area contributed by atoms with E-state index in [1.54, 1.807) is 0 Å². The number of ether oxygens (including phenoxy) is 2. The Labute approximate surface area is 108 Å². The Hall–Kier alpha value is -1.35. The first-order chi connectivity index (χ1) is 8.46. The Kier molecular flexibility index (Phi) is 3.71. The molecule has 0 bridgehead atoms. The van der Waals surface area contributed by atoms with E-state index in [1.807, 2.05) is 51.1 Å². The molecule has 1 aromatic rings. The monoisotopic (exact) mass is 248 g/mol. The number of rotatable bonds is 4. The minimum atomic E-state index is -0.413. The van der Waals surface area contributed by atoms with Crippen LogP contribution in [0.3, 0.4) is 0 Å². The average molecular weight is 248 g/mol. The lowest BCUT2D eigenvalue weighted by Gasteiger charge is -2.19. The van der Waals surface area contributed by atoms with Gasteiger partial charge in [0, 0.05) is 0 Å². The molecular formula is C15H20O3. The van der Waals surface area contributed by atoms with Crippen LogP contribution in [0.5, 0.6) is 0 Å². The predicted octanol–water partition coefficient (Wildman–Crippen LogP) is 2.93. The highest BCUT2D eigenvalue weighted by atomic mass is 16.6. The molecule has 0 unspecified atom stereocenters. The summed E-state index contributed by atoms with van der Waals surface area (Å²) in [4.78, 5) is 11.7. The molecule has 2 rings (SSSR count). The van der Waals surface area contributed by atoms with Gasteiger partial charge >= 0.3 is 5.97 Å². The third-order valence-electron chi connectivity index (χ3n) is 2.75. The fourth-order valence-electron chi connectivity index (χ4n) is 1.76. The summed E-state index contributed by atoms with van der Waals surface area (Å²) in [5.74, 6) is -0.214. The molecule has 0 N–H and O–H groups in total. The van der Waals surface area contributed by atoms with E-state index < -0.39 is 5.60 Å². The van der Waals surface area contributed by atoms with Crippen molar-refractivity contribution in [3.63, 3.8) is 0 Å².